The zero-order valence-corrected chi connectivity index (χ0v) is 9.56. The maximum absolute atomic E-state index is 10.9. The summed E-state index contributed by atoms with van der Waals surface area (Å²) in [4.78, 5) is 15.0. The fraction of sp³-hybridized carbons (Fsp3) is 0.455. The second kappa shape index (κ2) is 5.46. The highest BCUT2D eigenvalue weighted by Crippen LogP contribution is 2.17. The predicted octanol–water partition coefficient (Wildman–Crippen LogP) is 1.50. The number of hydrogen-bond acceptors (Lipinski definition) is 4. The van der Waals surface area contributed by atoms with E-state index in [1.54, 1.807) is 27.0 Å². The Kier molecular flexibility index (Phi) is 4.25. The van der Waals surface area contributed by atoms with Gasteiger partial charge >= 0.3 is 5.97 Å². The van der Waals surface area contributed by atoms with E-state index in [0.29, 0.717) is 12.3 Å². The quantitative estimate of drug-likeness (QED) is 0.822. The Bertz CT molecular complexity index is 378. The summed E-state index contributed by atoms with van der Waals surface area (Å²) in [6, 6.07) is 3.12. The highest BCUT2D eigenvalue weighted by Gasteiger charge is 2.15. The lowest BCUT2D eigenvalue weighted by Crippen LogP contribution is -2.20. The summed E-state index contributed by atoms with van der Waals surface area (Å²) in [6.45, 7) is 3.95. The van der Waals surface area contributed by atoms with Crippen LogP contribution in [0.4, 0.5) is 0 Å². The first-order valence-electron chi connectivity index (χ1n) is 4.91. The average Bonchev–Trinajstić information content (AvgIpc) is 2.17. The molecule has 1 atom stereocenters. The SMILES string of the molecule is COCC(C)Oc1nc(C)ccc1C(=O)O. The molecular formula is C11H15NO4. The molecule has 5 heteroatoms. The molecular weight excluding hydrogens is 210 g/mol. The summed E-state index contributed by atoms with van der Waals surface area (Å²) < 4.78 is 10.3. The van der Waals surface area contributed by atoms with Crippen LogP contribution in [0.2, 0.25) is 0 Å². The van der Waals surface area contributed by atoms with Crippen LogP contribution in [0, 0.1) is 6.92 Å². The minimum absolute atomic E-state index is 0.0635. The topological polar surface area (TPSA) is 68.7 Å². The van der Waals surface area contributed by atoms with E-state index in [1.807, 2.05) is 0 Å². The zero-order chi connectivity index (χ0) is 12.1. The van der Waals surface area contributed by atoms with Gasteiger partial charge < -0.3 is 14.6 Å². The third kappa shape index (κ3) is 3.20. The van der Waals surface area contributed by atoms with Crippen molar-refractivity contribution < 1.29 is 19.4 Å². The van der Waals surface area contributed by atoms with Crippen molar-refractivity contribution in [1.29, 1.82) is 0 Å². The molecule has 0 saturated heterocycles. The minimum atomic E-state index is -1.05. The van der Waals surface area contributed by atoms with Crippen molar-refractivity contribution in [3.05, 3.63) is 23.4 Å². The minimum Gasteiger partial charge on any atom is -0.477 e. The maximum Gasteiger partial charge on any atom is 0.341 e. The van der Waals surface area contributed by atoms with E-state index in [-0.39, 0.29) is 17.5 Å². The molecule has 1 aromatic heterocycles. The normalized spacial score (nSPS) is 12.2. The van der Waals surface area contributed by atoms with Gasteiger partial charge in [0.2, 0.25) is 5.88 Å². The molecule has 1 N–H and O–H groups in total. The summed E-state index contributed by atoms with van der Waals surface area (Å²) >= 11 is 0. The first kappa shape index (κ1) is 12.4. The maximum atomic E-state index is 10.9. The van der Waals surface area contributed by atoms with Crippen LogP contribution >= 0.6 is 0 Å². The van der Waals surface area contributed by atoms with Gasteiger partial charge in [-0.25, -0.2) is 9.78 Å². The van der Waals surface area contributed by atoms with E-state index in [9.17, 15) is 4.79 Å². The number of hydrogen-bond donors (Lipinski definition) is 1. The summed E-state index contributed by atoms with van der Waals surface area (Å²) in [6.07, 6.45) is -0.239. The van der Waals surface area contributed by atoms with Crippen molar-refractivity contribution in [3.63, 3.8) is 0 Å². The number of aromatic nitrogens is 1. The van der Waals surface area contributed by atoms with E-state index >= 15 is 0 Å². The van der Waals surface area contributed by atoms with Gasteiger partial charge in [0.25, 0.3) is 0 Å². The zero-order valence-electron chi connectivity index (χ0n) is 9.56. The van der Waals surface area contributed by atoms with Crippen LogP contribution in [0.1, 0.15) is 23.0 Å². The van der Waals surface area contributed by atoms with E-state index in [4.69, 9.17) is 14.6 Å². The van der Waals surface area contributed by atoms with Crippen LogP contribution < -0.4 is 4.74 Å². The third-order valence-electron chi connectivity index (χ3n) is 1.94. The van der Waals surface area contributed by atoms with Crippen molar-refractivity contribution >= 4 is 5.97 Å². The molecule has 0 bridgehead atoms. The molecule has 0 radical (unpaired) electrons. The van der Waals surface area contributed by atoms with Crippen molar-refractivity contribution in [3.8, 4) is 5.88 Å². The standard InChI is InChI=1S/C11H15NO4/c1-7-4-5-9(11(13)14)10(12-7)16-8(2)6-15-3/h4-5,8H,6H2,1-3H3,(H,13,14). The first-order chi connectivity index (χ1) is 7.54. The second-order valence-corrected chi connectivity index (χ2v) is 3.49. The molecule has 0 aliphatic carbocycles. The van der Waals surface area contributed by atoms with Crippen LogP contribution in [0.25, 0.3) is 0 Å². The Morgan fingerprint density at radius 1 is 1.56 bits per heavy atom. The number of methoxy groups -OCH3 is 1. The summed E-state index contributed by atoms with van der Waals surface area (Å²) in [7, 11) is 1.56. The van der Waals surface area contributed by atoms with Crippen LogP contribution in [0.5, 0.6) is 5.88 Å². The van der Waals surface area contributed by atoms with E-state index in [2.05, 4.69) is 4.98 Å². The Morgan fingerprint density at radius 2 is 2.25 bits per heavy atom. The van der Waals surface area contributed by atoms with Gasteiger partial charge in [-0.05, 0) is 26.0 Å². The van der Waals surface area contributed by atoms with Gasteiger partial charge in [-0.1, -0.05) is 0 Å². The van der Waals surface area contributed by atoms with E-state index < -0.39 is 5.97 Å². The van der Waals surface area contributed by atoms with E-state index in [1.165, 1.54) is 6.07 Å². The fourth-order valence-electron chi connectivity index (χ4n) is 1.24. The number of pyridine rings is 1. The lowest BCUT2D eigenvalue weighted by atomic mass is 10.2. The Labute approximate surface area is 94.0 Å². The number of carboxylic acid groups (broad SMARTS) is 1. The van der Waals surface area contributed by atoms with Crippen molar-refractivity contribution in [2.75, 3.05) is 13.7 Å². The third-order valence-corrected chi connectivity index (χ3v) is 1.94. The Balaban J connectivity index is 2.92. The average molecular weight is 225 g/mol. The summed E-state index contributed by atoms with van der Waals surface area (Å²) in [5.74, 6) is -0.913. The van der Waals surface area contributed by atoms with Gasteiger partial charge in [-0.3, -0.25) is 0 Å². The number of carboxylic acids is 1. The lowest BCUT2D eigenvalue weighted by Gasteiger charge is -2.14. The molecule has 5 nitrogen and oxygen atoms in total. The number of nitrogens with zero attached hydrogens (tertiary/aromatic N) is 1. The van der Waals surface area contributed by atoms with Crippen LogP contribution in [0.3, 0.4) is 0 Å². The fourth-order valence-corrected chi connectivity index (χ4v) is 1.24. The van der Waals surface area contributed by atoms with Crippen molar-refractivity contribution in [2.45, 2.75) is 20.0 Å². The molecule has 0 saturated carbocycles. The van der Waals surface area contributed by atoms with Gasteiger partial charge in [0.05, 0.1) is 6.61 Å². The molecule has 1 heterocycles. The van der Waals surface area contributed by atoms with Gasteiger partial charge in [-0.2, -0.15) is 0 Å². The molecule has 0 aliphatic rings. The number of ether oxygens (including phenoxy) is 2. The summed E-state index contributed by atoms with van der Waals surface area (Å²) in [5.41, 5.74) is 0.776. The number of aromatic carboxylic acids is 1. The lowest BCUT2D eigenvalue weighted by molar-refractivity contribution is 0.0667. The molecule has 1 rings (SSSR count). The second-order valence-electron chi connectivity index (χ2n) is 3.49. The molecule has 0 aliphatic heterocycles. The van der Waals surface area contributed by atoms with Gasteiger partial charge in [0.15, 0.2) is 0 Å². The largest absolute Gasteiger partial charge is 0.477 e. The number of rotatable bonds is 5. The Morgan fingerprint density at radius 3 is 2.81 bits per heavy atom. The van der Waals surface area contributed by atoms with Crippen LogP contribution in [-0.4, -0.2) is 35.9 Å². The number of aryl methyl sites for hydroxylation is 1. The molecule has 0 amide bonds. The molecule has 1 aromatic rings. The first-order valence-corrected chi connectivity index (χ1v) is 4.91. The van der Waals surface area contributed by atoms with Crippen molar-refractivity contribution in [1.82, 2.24) is 4.98 Å². The molecule has 88 valence electrons. The molecule has 0 aromatic carbocycles. The highest BCUT2D eigenvalue weighted by molar-refractivity contribution is 5.90. The summed E-state index contributed by atoms with van der Waals surface area (Å²) in [5, 5.41) is 8.95. The van der Waals surface area contributed by atoms with Crippen molar-refractivity contribution in [2.24, 2.45) is 0 Å². The van der Waals surface area contributed by atoms with E-state index in [0.717, 1.165) is 0 Å². The Hall–Kier alpha value is -1.62. The van der Waals surface area contributed by atoms with Gasteiger partial charge in [0, 0.05) is 12.8 Å². The van der Waals surface area contributed by atoms with Crippen LogP contribution in [0.15, 0.2) is 12.1 Å². The molecule has 0 spiro atoms. The molecule has 1 unspecified atom stereocenters. The number of carbonyl (C=O) groups is 1. The highest BCUT2D eigenvalue weighted by atomic mass is 16.5. The monoisotopic (exact) mass is 225 g/mol. The molecule has 0 fully saturated rings. The molecule has 16 heavy (non-hydrogen) atoms. The van der Waals surface area contributed by atoms with Crippen LogP contribution in [-0.2, 0) is 4.74 Å². The predicted molar refractivity (Wildman–Crippen MR) is 57.9 cm³/mol. The van der Waals surface area contributed by atoms with Gasteiger partial charge in [0.1, 0.15) is 11.7 Å². The van der Waals surface area contributed by atoms with Gasteiger partial charge in [-0.15, -0.1) is 0 Å². The smallest absolute Gasteiger partial charge is 0.341 e.